The molecule has 2 atom stereocenters. The maximum Gasteiger partial charge on any atom is 0.433 e. The average Bonchev–Trinajstić information content (AvgIpc) is 2.75. The number of hydrogen-bond donors (Lipinski definition) is 1. The molecule has 1 fully saturated rings. The van der Waals surface area contributed by atoms with Gasteiger partial charge in [-0.15, -0.1) is 0 Å². The predicted octanol–water partition coefficient (Wildman–Crippen LogP) is 1.37. The number of aliphatic hydroxyl groups is 1. The van der Waals surface area contributed by atoms with Gasteiger partial charge < -0.3 is 10.0 Å². The normalized spacial score (nSPS) is 24.5. The lowest BCUT2D eigenvalue weighted by atomic mass is 10.3. The van der Waals surface area contributed by atoms with Crippen molar-refractivity contribution >= 4 is 5.82 Å². The minimum Gasteiger partial charge on any atom is -0.371 e. The van der Waals surface area contributed by atoms with Crippen LogP contribution in [0.1, 0.15) is 12.6 Å². The largest absolute Gasteiger partial charge is 0.433 e. The second-order valence-electron chi connectivity index (χ2n) is 4.56. The molecule has 0 aliphatic carbocycles. The van der Waals surface area contributed by atoms with Crippen LogP contribution in [0.4, 0.5) is 19.0 Å². The Labute approximate surface area is 108 Å². The van der Waals surface area contributed by atoms with E-state index in [1.807, 2.05) is 0 Å². The van der Waals surface area contributed by atoms with E-state index in [9.17, 15) is 18.3 Å². The van der Waals surface area contributed by atoms with Gasteiger partial charge in [0.05, 0.1) is 6.04 Å². The van der Waals surface area contributed by atoms with E-state index < -0.39 is 18.1 Å². The number of aryl methyl sites for hydroxylation is 1. The van der Waals surface area contributed by atoms with Gasteiger partial charge in [-0.2, -0.15) is 18.3 Å². The molecule has 1 N–H and O–H groups in total. The third kappa shape index (κ3) is 2.05. The number of likely N-dealkylation sites (N-methyl/N-ethyl adjacent to an activating group) is 1. The fourth-order valence-corrected chi connectivity index (χ4v) is 2.08. The van der Waals surface area contributed by atoms with Crippen LogP contribution in [0.3, 0.4) is 0 Å². The molecule has 19 heavy (non-hydrogen) atoms. The lowest BCUT2D eigenvalue weighted by Crippen LogP contribution is -2.34. The van der Waals surface area contributed by atoms with Crippen molar-refractivity contribution < 1.29 is 18.3 Å². The molecule has 0 bridgehead atoms. The van der Waals surface area contributed by atoms with E-state index in [-0.39, 0.29) is 11.9 Å². The highest BCUT2D eigenvalue weighted by Gasteiger charge is 2.41. The van der Waals surface area contributed by atoms with Gasteiger partial charge in [0.1, 0.15) is 11.5 Å². The van der Waals surface area contributed by atoms with Crippen LogP contribution in [0, 0.1) is 0 Å². The van der Waals surface area contributed by atoms with E-state index in [0.29, 0.717) is 5.82 Å². The molecule has 0 radical (unpaired) electrons. The van der Waals surface area contributed by atoms with Crippen LogP contribution in [0.25, 0.3) is 0 Å². The summed E-state index contributed by atoms with van der Waals surface area (Å²) < 4.78 is 38.9. The number of aromatic nitrogens is 2. The maximum atomic E-state index is 12.7. The third-order valence-corrected chi connectivity index (χ3v) is 3.40. The fraction of sp³-hybridized carbons (Fsp3) is 0.545. The Morgan fingerprint density at radius 1 is 1.37 bits per heavy atom. The lowest BCUT2D eigenvalue weighted by Gasteiger charge is -2.20. The zero-order valence-corrected chi connectivity index (χ0v) is 10.8. The van der Waals surface area contributed by atoms with Gasteiger partial charge in [0, 0.05) is 20.2 Å². The summed E-state index contributed by atoms with van der Waals surface area (Å²) in [5.74, 6) is 0.440. The minimum absolute atomic E-state index is 0.0310. The molecule has 0 spiro atoms. The van der Waals surface area contributed by atoms with Crippen LogP contribution in [0.2, 0.25) is 0 Å². The Balaban J connectivity index is 2.41. The summed E-state index contributed by atoms with van der Waals surface area (Å²) >= 11 is 0. The van der Waals surface area contributed by atoms with Gasteiger partial charge in [0.15, 0.2) is 12.0 Å². The summed E-state index contributed by atoms with van der Waals surface area (Å²) in [4.78, 5) is 2.98. The molecular weight excluding hydrogens is 261 g/mol. The molecule has 0 aromatic carbocycles. The summed E-state index contributed by atoms with van der Waals surface area (Å²) in [7, 11) is 2.93. The number of hydrogen-bond acceptors (Lipinski definition) is 4. The Morgan fingerprint density at radius 2 is 1.95 bits per heavy atom. The van der Waals surface area contributed by atoms with E-state index in [0.717, 1.165) is 10.7 Å². The smallest absolute Gasteiger partial charge is 0.371 e. The molecule has 1 aliphatic heterocycles. The summed E-state index contributed by atoms with van der Waals surface area (Å²) in [5.41, 5.74) is -0.871. The second-order valence-corrected chi connectivity index (χ2v) is 4.56. The third-order valence-electron chi connectivity index (χ3n) is 3.40. The van der Waals surface area contributed by atoms with Crippen LogP contribution < -0.4 is 4.90 Å². The first-order chi connectivity index (χ1) is 8.64. The van der Waals surface area contributed by atoms with Gasteiger partial charge in [-0.05, 0) is 6.92 Å². The molecule has 106 valence electrons. The van der Waals surface area contributed by atoms with Gasteiger partial charge in [-0.1, -0.05) is 6.58 Å². The average molecular weight is 276 g/mol. The van der Waals surface area contributed by atoms with Crippen LogP contribution >= 0.6 is 0 Å². The molecule has 2 unspecified atom stereocenters. The molecule has 1 aromatic heterocycles. The van der Waals surface area contributed by atoms with Gasteiger partial charge in [-0.25, -0.2) is 0 Å². The molecule has 5 nitrogen and oxygen atoms in total. The highest BCUT2D eigenvalue weighted by atomic mass is 19.4. The summed E-state index contributed by atoms with van der Waals surface area (Å²) in [6.45, 7) is 5.51. The first-order valence-corrected chi connectivity index (χ1v) is 5.65. The number of anilines is 1. The van der Waals surface area contributed by atoms with E-state index in [1.165, 1.54) is 11.9 Å². The van der Waals surface area contributed by atoms with E-state index >= 15 is 0 Å². The van der Waals surface area contributed by atoms with Crippen molar-refractivity contribution in [3.63, 3.8) is 0 Å². The van der Waals surface area contributed by atoms with E-state index in [4.69, 9.17) is 0 Å². The molecule has 8 heteroatoms. The zero-order chi connectivity index (χ0) is 14.5. The number of nitrogens with zero attached hydrogens (tertiary/aromatic N) is 4. The monoisotopic (exact) mass is 276 g/mol. The standard InChI is InChI=1S/C11H15F3N4O/c1-6-10(19)18(7(2)16(6)3)9-5-8(11(12,13)14)17(4)15-9/h5-6,10,19H,2H2,1,3-4H3. The molecule has 0 amide bonds. The lowest BCUT2D eigenvalue weighted by molar-refractivity contribution is -0.143. The van der Waals surface area contributed by atoms with Gasteiger partial charge in [0.2, 0.25) is 0 Å². The quantitative estimate of drug-likeness (QED) is 0.841. The van der Waals surface area contributed by atoms with Crippen molar-refractivity contribution in [1.82, 2.24) is 14.7 Å². The molecule has 2 heterocycles. The maximum absolute atomic E-state index is 12.7. The fourth-order valence-electron chi connectivity index (χ4n) is 2.08. The van der Waals surface area contributed by atoms with Gasteiger partial charge in [0.25, 0.3) is 0 Å². The van der Waals surface area contributed by atoms with Crippen molar-refractivity contribution in [3.05, 3.63) is 24.2 Å². The minimum atomic E-state index is -4.48. The second kappa shape index (κ2) is 4.16. The highest BCUT2D eigenvalue weighted by molar-refractivity contribution is 5.49. The van der Waals surface area contributed by atoms with Crippen LogP contribution in [-0.4, -0.2) is 39.1 Å². The predicted molar refractivity (Wildman–Crippen MR) is 63.1 cm³/mol. The first-order valence-electron chi connectivity index (χ1n) is 5.65. The van der Waals surface area contributed by atoms with Crippen molar-refractivity contribution in [1.29, 1.82) is 0 Å². The van der Waals surface area contributed by atoms with Gasteiger partial charge >= 0.3 is 6.18 Å². The number of rotatable bonds is 1. The Morgan fingerprint density at radius 3 is 2.32 bits per heavy atom. The Hall–Kier alpha value is -1.70. The molecule has 2 rings (SSSR count). The molecular formula is C11H15F3N4O. The van der Waals surface area contributed by atoms with Crippen LogP contribution in [0.5, 0.6) is 0 Å². The van der Waals surface area contributed by atoms with E-state index in [1.54, 1.807) is 18.9 Å². The Bertz CT molecular complexity index is 511. The summed E-state index contributed by atoms with van der Waals surface area (Å²) in [6.07, 6.45) is -5.46. The molecule has 1 aromatic rings. The van der Waals surface area contributed by atoms with Crippen molar-refractivity contribution in [2.24, 2.45) is 7.05 Å². The van der Waals surface area contributed by atoms with Crippen LogP contribution in [-0.2, 0) is 13.2 Å². The van der Waals surface area contributed by atoms with Crippen LogP contribution in [0.15, 0.2) is 18.5 Å². The first kappa shape index (κ1) is 13.7. The highest BCUT2D eigenvalue weighted by Crippen LogP contribution is 2.35. The topological polar surface area (TPSA) is 44.5 Å². The molecule has 1 saturated heterocycles. The zero-order valence-electron chi connectivity index (χ0n) is 10.8. The van der Waals surface area contributed by atoms with Crippen molar-refractivity contribution in [2.75, 3.05) is 11.9 Å². The SMILES string of the molecule is C=C1N(C)C(C)C(O)N1c1cc(C(F)(F)F)n(C)n1. The number of halogens is 3. The van der Waals surface area contributed by atoms with Crippen molar-refractivity contribution in [3.8, 4) is 0 Å². The van der Waals surface area contributed by atoms with Crippen molar-refractivity contribution in [2.45, 2.75) is 25.4 Å². The number of aliphatic hydroxyl groups excluding tert-OH is 1. The Kier molecular flexibility index (Phi) is 3.00. The summed E-state index contributed by atoms with van der Waals surface area (Å²) in [6, 6.07) is 0.629. The molecule has 1 aliphatic rings. The van der Waals surface area contributed by atoms with E-state index in [2.05, 4.69) is 11.7 Å². The molecule has 0 saturated carbocycles. The summed E-state index contributed by atoms with van der Waals surface area (Å²) in [5, 5.41) is 13.9. The van der Waals surface area contributed by atoms with Gasteiger partial charge in [-0.3, -0.25) is 9.58 Å². The number of alkyl halides is 3.